The third-order valence-electron chi connectivity index (χ3n) is 3.05. The molecular weight excluding hydrogens is 192 g/mol. The van der Waals surface area contributed by atoms with Crippen LogP contribution in [0.3, 0.4) is 0 Å². The molecular formula is C11H14N2O2. The van der Waals surface area contributed by atoms with Crippen LogP contribution in [0.5, 0.6) is 0 Å². The molecule has 0 aromatic heterocycles. The molecule has 0 bridgehead atoms. The predicted molar refractivity (Wildman–Crippen MR) is 57.6 cm³/mol. The first kappa shape index (κ1) is 10.1. The summed E-state index contributed by atoms with van der Waals surface area (Å²) in [5.74, 6) is 0.692. The van der Waals surface area contributed by atoms with Crippen LogP contribution in [0.2, 0.25) is 0 Å². The van der Waals surface area contributed by atoms with Gasteiger partial charge in [-0.2, -0.15) is 0 Å². The van der Waals surface area contributed by atoms with Crippen molar-refractivity contribution in [2.24, 2.45) is 11.7 Å². The summed E-state index contributed by atoms with van der Waals surface area (Å²) in [4.78, 5) is 10.5. The van der Waals surface area contributed by atoms with Crippen molar-refractivity contribution in [3.8, 4) is 0 Å². The molecule has 1 aliphatic carbocycles. The van der Waals surface area contributed by atoms with Crippen LogP contribution in [-0.4, -0.2) is 11.0 Å². The lowest BCUT2D eigenvalue weighted by molar-refractivity contribution is -0.385. The highest BCUT2D eigenvalue weighted by Gasteiger charge is 2.43. The standard InChI is InChI=1S/C11H14N2O2/c1-7(12)9-6-10(9)8-4-2-3-5-11(8)13(14)15/h2-5,7,9-10H,6,12H2,1H3. The molecule has 1 aromatic rings. The highest BCUT2D eigenvalue weighted by atomic mass is 16.6. The largest absolute Gasteiger partial charge is 0.328 e. The van der Waals surface area contributed by atoms with Gasteiger partial charge in [-0.15, -0.1) is 0 Å². The van der Waals surface area contributed by atoms with Gasteiger partial charge in [-0.05, 0) is 25.2 Å². The van der Waals surface area contributed by atoms with E-state index in [4.69, 9.17) is 5.73 Å². The van der Waals surface area contributed by atoms with Crippen LogP contribution in [0.1, 0.15) is 24.8 Å². The number of benzene rings is 1. The van der Waals surface area contributed by atoms with Gasteiger partial charge in [0.05, 0.1) is 4.92 Å². The molecule has 1 saturated carbocycles. The van der Waals surface area contributed by atoms with Crippen molar-refractivity contribution in [3.05, 3.63) is 39.9 Å². The summed E-state index contributed by atoms with van der Waals surface area (Å²) in [7, 11) is 0. The molecule has 3 atom stereocenters. The van der Waals surface area contributed by atoms with Gasteiger partial charge in [0.1, 0.15) is 0 Å². The molecule has 3 unspecified atom stereocenters. The first-order chi connectivity index (χ1) is 7.11. The lowest BCUT2D eigenvalue weighted by Gasteiger charge is -2.04. The van der Waals surface area contributed by atoms with E-state index in [0.29, 0.717) is 5.92 Å². The number of nitro groups is 1. The van der Waals surface area contributed by atoms with Gasteiger partial charge in [0.25, 0.3) is 5.69 Å². The smallest absolute Gasteiger partial charge is 0.272 e. The Bertz CT molecular complexity index is 390. The number of hydrogen-bond donors (Lipinski definition) is 1. The van der Waals surface area contributed by atoms with Gasteiger partial charge in [0.2, 0.25) is 0 Å². The first-order valence-electron chi connectivity index (χ1n) is 5.10. The van der Waals surface area contributed by atoms with E-state index in [-0.39, 0.29) is 22.6 Å². The Kier molecular flexibility index (Phi) is 2.44. The molecule has 1 aromatic carbocycles. The van der Waals surface area contributed by atoms with Crippen LogP contribution in [0, 0.1) is 16.0 Å². The molecule has 0 saturated heterocycles. The summed E-state index contributed by atoms with van der Waals surface area (Å²) in [6.45, 7) is 1.96. The molecule has 1 aliphatic rings. The maximum atomic E-state index is 10.8. The van der Waals surface area contributed by atoms with Crippen LogP contribution in [0.4, 0.5) is 5.69 Å². The third kappa shape index (κ3) is 1.85. The molecule has 2 N–H and O–H groups in total. The van der Waals surface area contributed by atoms with E-state index in [1.54, 1.807) is 12.1 Å². The van der Waals surface area contributed by atoms with Gasteiger partial charge in [0.15, 0.2) is 0 Å². The second-order valence-corrected chi connectivity index (χ2v) is 4.18. The predicted octanol–water partition coefficient (Wildman–Crippen LogP) is 2.05. The summed E-state index contributed by atoms with van der Waals surface area (Å²) in [6, 6.07) is 7.07. The molecule has 0 spiro atoms. The Hall–Kier alpha value is -1.42. The maximum absolute atomic E-state index is 10.8. The van der Waals surface area contributed by atoms with Gasteiger partial charge in [-0.25, -0.2) is 0 Å². The molecule has 15 heavy (non-hydrogen) atoms. The molecule has 0 heterocycles. The Balaban J connectivity index is 2.26. The van der Waals surface area contributed by atoms with Crippen molar-refractivity contribution in [3.63, 3.8) is 0 Å². The van der Waals surface area contributed by atoms with Gasteiger partial charge in [0, 0.05) is 17.7 Å². The Morgan fingerprint density at radius 1 is 1.53 bits per heavy atom. The normalized spacial score (nSPS) is 26.0. The van der Waals surface area contributed by atoms with Crippen molar-refractivity contribution in [1.29, 1.82) is 0 Å². The minimum Gasteiger partial charge on any atom is -0.328 e. The quantitative estimate of drug-likeness (QED) is 0.607. The molecule has 0 aliphatic heterocycles. The zero-order valence-corrected chi connectivity index (χ0v) is 8.59. The van der Waals surface area contributed by atoms with E-state index in [9.17, 15) is 10.1 Å². The van der Waals surface area contributed by atoms with Gasteiger partial charge < -0.3 is 5.73 Å². The number of rotatable bonds is 3. The zero-order valence-electron chi connectivity index (χ0n) is 8.59. The fraction of sp³-hybridized carbons (Fsp3) is 0.455. The number of nitro benzene ring substituents is 1. The van der Waals surface area contributed by atoms with Crippen molar-refractivity contribution >= 4 is 5.69 Å². The fourth-order valence-corrected chi connectivity index (χ4v) is 2.12. The third-order valence-corrected chi connectivity index (χ3v) is 3.05. The second-order valence-electron chi connectivity index (χ2n) is 4.18. The Morgan fingerprint density at radius 3 is 2.73 bits per heavy atom. The number of para-hydroxylation sites is 1. The van der Waals surface area contributed by atoms with Gasteiger partial charge in [-0.3, -0.25) is 10.1 Å². The van der Waals surface area contributed by atoms with Crippen molar-refractivity contribution in [2.45, 2.75) is 25.3 Å². The highest BCUT2D eigenvalue weighted by Crippen LogP contribution is 2.51. The molecule has 1 fully saturated rings. The fourth-order valence-electron chi connectivity index (χ4n) is 2.12. The minimum atomic E-state index is -0.314. The summed E-state index contributed by atoms with van der Waals surface area (Å²) < 4.78 is 0. The first-order valence-corrected chi connectivity index (χ1v) is 5.10. The monoisotopic (exact) mass is 206 g/mol. The molecule has 2 rings (SSSR count). The number of nitrogens with zero attached hydrogens (tertiary/aromatic N) is 1. The SMILES string of the molecule is CC(N)C1CC1c1ccccc1[N+](=O)[O-]. The van der Waals surface area contributed by atoms with Crippen LogP contribution in [0.15, 0.2) is 24.3 Å². The van der Waals surface area contributed by atoms with E-state index >= 15 is 0 Å². The van der Waals surface area contributed by atoms with Crippen LogP contribution < -0.4 is 5.73 Å². The van der Waals surface area contributed by atoms with E-state index in [0.717, 1.165) is 12.0 Å². The van der Waals surface area contributed by atoms with E-state index in [1.807, 2.05) is 19.1 Å². The van der Waals surface area contributed by atoms with Crippen molar-refractivity contribution < 1.29 is 4.92 Å². The molecule has 0 amide bonds. The molecule has 4 heteroatoms. The summed E-state index contributed by atoms with van der Waals surface area (Å²) in [5, 5.41) is 10.8. The average molecular weight is 206 g/mol. The summed E-state index contributed by atoms with van der Waals surface area (Å²) >= 11 is 0. The van der Waals surface area contributed by atoms with Crippen LogP contribution >= 0.6 is 0 Å². The van der Waals surface area contributed by atoms with Gasteiger partial charge >= 0.3 is 0 Å². The van der Waals surface area contributed by atoms with Gasteiger partial charge in [-0.1, -0.05) is 18.2 Å². The second kappa shape index (κ2) is 3.62. The lowest BCUT2D eigenvalue weighted by Crippen LogP contribution is -2.18. The number of hydrogen-bond acceptors (Lipinski definition) is 3. The maximum Gasteiger partial charge on any atom is 0.272 e. The number of nitrogens with two attached hydrogens (primary N) is 1. The van der Waals surface area contributed by atoms with Crippen molar-refractivity contribution in [2.75, 3.05) is 0 Å². The minimum absolute atomic E-state index is 0.120. The van der Waals surface area contributed by atoms with Crippen LogP contribution in [0.25, 0.3) is 0 Å². The summed E-state index contributed by atoms with van der Waals surface area (Å²) in [6.07, 6.45) is 0.975. The molecule has 4 nitrogen and oxygen atoms in total. The van der Waals surface area contributed by atoms with Crippen LogP contribution in [-0.2, 0) is 0 Å². The molecule has 80 valence electrons. The highest BCUT2D eigenvalue weighted by molar-refractivity contribution is 5.45. The Labute approximate surface area is 88.2 Å². The van der Waals surface area contributed by atoms with E-state index < -0.39 is 0 Å². The lowest BCUT2D eigenvalue weighted by atomic mass is 10.0. The van der Waals surface area contributed by atoms with Crippen molar-refractivity contribution in [1.82, 2.24) is 0 Å². The molecule has 0 radical (unpaired) electrons. The topological polar surface area (TPSA) is 69.2 Å². The van der Waals surface area contributed by atoms with E-state index in [2.05, 4.69) is 0 Å². The summed E-state index contributed by atoms with van der Waals surface area (Å²) in [5.41, 5.74) is 6.85. The van der Waals surface area contributed by atoms with E-state index in [1.165, 1.54) is 0 Å². The zero-order chi connectivity index (χ0) is 11.0. The average Bonchev–Trinajstić information content (AvgIpc) is 2.97. The Morgan fingerprint density at radius 2 is 2.20 bits per heavy atom.